The minimum absolute atomic E-state index is 0.265. The van der Waals surface area contributed by atoms with Crippen LogP contribution in [0.2, 0.25) is 0 Å². The van der Waals surface area contributed by atoms with Gasteiger partial charge in [0.05, 0.1) is 6.61 Å². The summed E-state index contributed by atoms with van der Waals surface area (Å²) in [5.74, 6) is 0.768. The first-order valence-corrected chi connectivity index (χ1v) is 11.0. The zero-order chi connectivity index (χ0) is 21.0. The van der Waals surface area contributed by atoms with Crippen LogP contribution in [0.5, 0.6) is 11.5 Å². The number of halogens is 1. The van der Waals surface area contributed by atoms with Gasteiger partial charge in [0.2, 0.25) is 0 Å². The fourth-order valence-electron chi connectivity index (χ4n) is 3.35. The van der Waals surface area contributed by atoms with E-state index in [-0.39, 0.29) is 11.6 Å². The molecule has 3 aromatic rings. The Morgan fingerprint density at radius 3 is 2.13 bits per heavy atom. The summed E-state index contributed by atoms with van der Waals surface area (Å²) in [4.78, 5) is 0. The Morgan fingerprint density at radius 1 is 0.700 bits per heavy atom. The number of ether oxygens (including phenoxy) is 2. The van der Waals surface area contributed by atoms with E-state index in [0.29, 0.717) is 6.61 Å². The molecule has 0 saturated carbocycles. The van der Waals surface area contributed by atoms with E-state index < -0.39 is 0 Å². The first-order valence-electron chi connectivity index (χ1n) is 11.0. The Balaban J connectivity index is 1.49. The Bertz CT molecular complexity index is 875. The fourth-order valence-corrected chi connectivity index (χ4v) is 3.35. The van der Waals surface area contributed by atoms with Crippen molar-refractivity contribution in [3.05, 3.63) is 84.2 Å². The lowest BCUT2D eigenvalue weighted by Crippen LogP contribution is -1.98. The summed E-state index contributed by atoms with van der Waals surface area (Å²) in [5.41, 5.74) is 2.79. The van der Waals surface area contributed by atoms with Crippen LogP contribution in [0.15, 0.2) is 72.8 Å². The predicted octanol–water partition coefficient (Wildman–Crippen LogP) is 7.81. The van der Waals surface area contributed by atoms with E-state index in [1.54, 1.807) is 6.07 Å². The molecule has 3 heteroatoms. The third-order valence-corrected chi connectivity index (χ3v) is 5.12. The van der Waals surface area contributed by atoms with Crippen molar-refractivity contribution in [2.75, 3.05) is 6.61 Å². The molecule has 158 valence electrons. The number of rotatable bonds is 12. The van der Waals surface area contributed by atoms with Gasteiger partial charge >= 0.3 is 0 Å². The molecule has 0 spiro atoms. The van der Waals surface area contributed by atoms with Gasteiger partial charge in [-0.05, 0) is 47.4 Å². The molecule has 3 rings (SSSR count). The second-order valence-corrected chi connectivity index (χ2v) is 7.56. The average molecular weight is 407 g/mol. The molecule has 0 radical (unpaired) electrons. The van der Waals surface area contributed by atoms with Crippen LogP contribution < -0.4 is 9.47 Å². The monoisotopic (exact) mass is 406 g/mol. The van der Waals surface area contributed by atoms with Gasteiger partial charge in [0.25, 0.3) is 0 Å². The van der Waals surface area contributed by atoms with Crippen molar-refractivity contribution in [1.29, 1.82) is 0 Å². The number of hydrogen-bond acceptors (Lipinski definition) is 2. The third kappa shape index (κ3) is 6.91. The van der Waals surface area contributed by atoms with Crippen molar-refractivity contribution in [2.45, 2.75) is 52.1 Å². The molecule has 0 bridgehead atoms. The molecule has 0 aromatic heterocycles. The molecule has 3 aromatic carbocycles. The Labute approximate surface area is 179 Å². The fraction of sp³-hybridized carbons (Fsp3) is 0.333. The molecule has 0 fully saturated rings. The van der Waals surface area contributed by atoms with Gasteiger partial charge in [0.1, 0.15) is 12.4 Å². The summed E-state index contributed by atoms with van der Waals surface area (Å²) in [5, 5.41) is 0. The van der Waals surface area contributed by atoms with Crippen LogP contribution in [0.3, 0.4) is 0 Å². The predicted molar refractivity (Wildman–Crippen MR) is 121 cm³/mol. The first-order chi connectivity index (χ1) is 14.8. The summed E-state index contributed by atoms with van der Waals surface area (Å²) in [6, 6.07) is 22.7. The summed E-state index contributed by atoms with van der Waals surface area (Å²) in [6.07, 6.45) is 7.50. The molecule has 30 heavy (non-hydrogen) atoms. The Hall–Kier alpha value is -2.81. The van der Waals surface area contributed by atoms with Crippen LogP contribution in [-0.4, -0.2) is 6.61 Å². The quantitative estimate of drug-likeness (QED) is 0.286. The van der Waals surface area contributed by atoms with Gasteiger partial charge in [0.15, 0.2) is 11.6 Å². The second-order valence-electron chi connectivity index (χ2n) is 7.56. The van der Waals surface area contributed by atoms with E-state index in [9.17, 15) is 4.39 Å². The minimum Gasteiger partial charge on any atom is -0.494 e. The maximum atomic E-state index is 14.5. The second kappa shape index (κ2) is 12.0. The van der Waals surface area contributed by atoms with E-state index in [0.717, 1.165) is 35.5 Å². The van der Waals surface area contributed by atoms with E-state index in [2.05, 4.69) is 6.92 Å². The van der Waals surface area contributed by atoms with Crippen LogP contribution in [0, 0.1) is 5.82 Å². The van der Waals surface area contributed by atoms with Crippen LogP contribution in [-0.2, 0) is 6.61 Å². The van der Waals surface area contributed by atoms with Crippen molar-refractivity contribution < 1.29 is 13.9 Å². The molecule has 0 aliphatic rings. The van der Waals surface area contributed by atoms with Gasteiger partial charge in [-0.3, -0.25) is 0 Å². The van der Waals surface area contributed by atoms with Gasteiger partial charge in [0, 0.05) is 0 Å². The highest BCUT2D eigenvalue weighted by atomic mass is 19.1. The van der Waals surface area contributed by atoms with Crippen molar-refractivity contribution in [3.8, 4) is 22.6 Å². The van der Waals surface area contributed by atoms with Crippen molar-refractivity contribution >= 4 is 0 Å². The molecule has 0 amide bonds. The van der Waals surface area contributed by atoms with Gasteiger partial charge in [-0.25, -0.2) is 4.39 Å². The minimum atomic E-state index is -0.355. The van der Waals surface area contributed by atoms with E-state index in [1.807, 2.05) is 60.7 Å². The molecule has 2 nitrogen and oxygen atoms in total. The number of hydrogen-bond donors (Lipinski definition) is 0. The number of unbranched alkanes of at least 4 members (excludes halogenated alkanes) is 5. The lowest BCUT2D eigenvalue weighted by Gasteiger charge is -2.10. The Kier molecular flexibility index (Phi) is 8.77. The Morgan fingerprint density at radius 2 is 1.40 bits per heavy atom. The van der Waals surface area contributed by atoms with Gasteiger partial charge in [-0.15, -0.1) is 0 Å². The van der Waals surface area contributed by atoms with E-state index in [1.165, 1.54) is 38.2 Å². The summed E-state index contributed by atoms with van der Waals surface area (Å²) < 4.78 is 25.9. The van der Waals surface area contributed by atoms with Gasteiger partial charge in [-0.2, -0.15) is 0 Å². The first kappa shape index (κ1) is 21.9. The van der Waals surface area contributed by atoms with Crippen molar-refractivity contribution in [1.82, 2.24) is 0 Å². The topological polar surface area (TPSA) is 18.5 Å². The highest BCUT2D eigenvalue weighted by molar-refractivity contribution is 5.65. The standard InChI is InChI=1S/C27H31FO2/c1-2-3-4-5-6-10-19-29-25-16-13-23(14-17-25)24-15-18-27(26(28)20-24)30-21-22-11-8-7-9-12-22/h7-9,11-18,20H,2-6,10,19,21H2,1H3. The highest BCUT2D eigenvalue weighted by Crippen LogP contribution is 2.27. The summed E-state index contributed by atoms with van der Waals surface area (Å²) in [6.45, 7) is 3.32. The lowest BCUT2D eigenvalue weighted by atomic mass is 10.1. The largest absolute Gasteiger partial charge is 0.494 e. The zero-order valence-electron chi connectivity index (χ0n) is 17.8. The zero-order valence-corrected chi connectivity index (χ0v) is 17.8. The maximum Gasteiger partial charge on any atom is 0.165 e. The van der Waals surface area contributed by atoms with Gasteiger partial charge in [-0.1, -0.05) is 87.6 Å². The summed E-state index contributed by atoms with van der Waals surface area (Å²) >= 11 is 0. The van der Waals surface area contributed by atoms with E-state index in [4.69, 9.17) is 9.47 Å². The average Bonchev–Trinajstić information content (AvgIpc) is 2.79. The third-order valence-electron chi connectivity index (χ3n) is 5.12. The number of benzene rings is 3. The normalized spacial score (nSPS) is 10.7. The van der Waals surface area contributed by atoms with Gasteiger partial charge < -0.3 is 9.47 Å². The SMILES string of the molecule is CCCCCCCCOc1ccc(-c2ccc(OCc3ccccc3)c(F)c2)cc1. The maximum absolute atomic E-state index is 14.5. The lowest BCUT2D eigenvalue weighted by molar-refractivity contribution is 0.290. The van der Waals surface area contributed by atoms with E-state index >= 15 is 0 Å². The molecular weight excluding hydrogens is 375 g/mol. The van der Waals surface area contributed by atoms with Crippen LogP contribution in [0.1, 0.15) is 51.0 Å². The highest BCUT2D eigenvalue weighted by Gasteiger charge is 2.07. The molecule has 0 aliphatic carbocycles. The molecule has 0 atom stereocenters. The van der Waals surface area contributed by atoms with Crippen LogP contribution in [0.25, 0.3) is 11.1 Å². The van der Waals surface area contributed by atoms with Crippen molar-refractivity contribution in [3.63, 3.8) is 0 Å². The summed E-state index contributed by atoms with van der Waals surface area (Å²) in [7, 11) is 0. The molecule has 0 heterocycles. The molecule has 0 aliphatic heterocycles. The van der Waals surface area contributed by atoms with Crippen molar-refractivity contribution in [2.24, 2.45) is 0 Å². The molecular formula is C27H31FO2. The smallest absolute Gasteiger partial charge is 0.165 e. The van der Waals surface area contributed by atoms with Crippen LogP contribution in [0.4, 0.5) is 4.39 Å². The molecule has 0 N–H and O–H groups in total. The molecule has 0 saturated heterocycles. The van der Waals surface area contributed by atoms with Crippen LogP contribution >= 0.6 is 0 Å². The molecule has 0 unspecified atom stereocenters.